The average Bonchev–Trinajstić information content (AvgIpc) is 1.51. The van der Waals surface area contributed by atoms with E-state index in [1.54, 1.807) is 0 Å². The monoisotopic (exact) mass is 1840 g/mol. The fourth-order valence-electron chi connectivity index (χ4n) is 24.1. The number of hydrogen-bond acceptors (Lipinski definition) is 4. The zero-order chi connectivity index (χ0) is 94.5. The quantitative estimate of drug-likeness (QED) is 0.103. The lowest BCUT2D eigenvalue weighted by Crippen LogP contribution is -2.26. The predicted octanol–water partition coefficient (Wildman–Crippen LogP) is 37.8. The molecule has 0 saturated heterocycles. The molecule has 0 amide bonds. The zero-order valence-electron chi connectivity index (χ0n) is 78.1. The van der Waals surface area contributed by atoms with Gasteiger partial charge in [0.25, 0.3) is 0 Å². The number of anilines is 6. The van der Waals surface area contributed by atoms with E-state index in [9.17, 15) is 0 Å². The molecule has 2 unspecified atom stereocenters. The third-order valence-corrected chi connectivity index (χ3v) is 30.6. The van der Waals surface area contributed by atoms with E-state index in [4.69, 9.17) is 8.83 Å². The highest BCUT2D eigenvalue weighted by Crippen LogP contribution is 2.67. The van der Waals surface area contributed by atoms with E-state index in [1.807, 2.05) is 36.4 Å². The van der Waals surface area contributed by atoms with E-state index in [2.05, 4.69) is 507 Å². The van der Waals surface area contributed by atoms with Gasteiger partial charge in [0.05, 0.1) is 21.9 Å². The van der Waals surface area contributed by atoms with Gasteiger partial charge in [0.1, 0.15) is 22.3 Å². The molecule has 22 aromatic carbocycles. The molecule has 25 aromatic rings. The van der Waals surface area contributed by atoms with Crippen LogP contribution in [0.4, 0.5) is 34.1 Å². The Morgan fingerprint density at radius 2 is 0.465 bits per heavy atom. The van der Waals surface area contributed by atoms with E-state index in [0.29, 0.717) is 0 Å². The number of hydrogen-bond donors (Lipinski definition) is 0. The van der Waals surface area contributed by atoms with Crippen molar-refractivity contribution in [2.45, 2.75) is 18.3 Å². The molecule has 0 N–H and O–H groups in total. The van der Waals surface area contributed by atoms with Crippen LogP contribution in [0.3, 0.4) is 0 Å². The van der Waals surface area contributed by atoms with Gasteiger partial charge in [-0.15, -0.1) is 0 Å². The summed E-state index contributed by atoms with van der Waals surface area (Å²) in [5.41, 5.74) is 49.5. The summed E-state index contributed by atoms with van der Waals surface area (Å²) in [6, 6.07) is 185. The van der Waals surface area contributed by atoms with Gasteiger partial charge in [-0.05, 0) is 331 Å². The van der Waals surface area contributed by atoms with Crippen LogP contribution in [0.1, 0.15) is 63.1 Å². The van der Waals surface area contributed by atoms with Gasteiger partial charge in [-0.1, -0.05) is 372 Å². The number of rotatable bonds is 15. The Bertz CT molecular complexity index is 9330. The summed E-state index contributed by atoms with van der Waals surface area (Å²) in [7, 11) is 0. The summed E-state index contributed by atoms with van der Waals surface area (Å²) < 4.78 is 14.8. The Morgan fingerprint density at radius 3 is 0.889 bits per heavy atom. The SMILES string of the molecule is C.C=Cc1cccc(-c2ccc3c(c2)C2(c4ccccc4-3)c3ccccc3-c3ccc(N(c4ccc(-c5ccc6oc7ccccc7c6c5)cc4)c4ccc(-c5ccc6oc7ccccc7c6c5)cc4)cc32)c1.C=Cc1cccc(-c2ccc3c(c2)C2(c4ccccc4-3)c3ccccc3-c3ccc(N(c4ccc(-c5ccccc5)cc4)c4ccc(-c5ccc6c(c5)c5ccccc5n6-c5ccccc5)cc4)cc32)c1. The lowest BCUT2D eigenvalue weighted by atomic mass is 9.70. The second-order valence-electron chi connectivity index (χ2n) is 38.1. The van der Waals surface area contributed by atoms with Crippen LogP contribution in [0, 0.1) is 0 Å². The minimum absolute atomic E-state index is 0. The summed E-state index contributed by atoms with van der Waals surface area (Å²) in [6.45, 7) is 8.17. The van der Waals surface area contributed by atoms with Crippen molar-refractivity contribution < 1.29 is 8.83 Å². The summed E-state index contributed by atoms with van der Waals surface area (Å²) in [5.74, 6) is 0. The van der Waals surface area contributed by atoms with Crippen molar-refractivity contribution in [1.29, 1.82) is 0 Å². The molecule has 4 aliphatic carbocycles. The highest BCUT2D eigenvalue weighted by atomic mass is 16.3. The molecule has 2 spiro atoms. The first kappa shape index (κ1) is 84.6. The largest absolute Gasteiger partial charge is 0.456 e. The molecule has 0 radical (unpaired) electrons. The van der Waals surface area contributed by atoms with Gasteiger partial charge < -0.3 is 23.2 Å². The van der Waals surface area contributed by atoms with E-state index < -0.39 is 10.8 Å². The van der Waals surface area contributed by atoms with Crippen molar-refractivity contribution in [3.05, 3.63) is 572 Å². The Labute approximate surface area is 836 Å². The lowest BCUT2D eigenvalue weighted by molar-refractivity contribution is 0.668. The molecule has 5 heteroatoms. The van der Waals surface area contributed by atoms with Crippen LogP contribution in [0.15, 0.2) is 526 Å². The maximum atomic E-state index is 6.21. The van der Waals surface area contributed by atoms with Crippen molar-refractivity contribution in [3.8, 4) is 117 Å². The Balaban J connectivity index is 0.000000142. The smallest absolute Gasteiger partial charge is 0.135 e. The van der Waals surface area contributed by atoms with Crippen molar-refractivity contribution >= 4 is 112 Å². The summed E-state index contributed by atoms with van der Waals surface area (Å²) in [6.07, 6.45) is 3.86. The first-order valence-corrected chi connectivity index (χ1v) is 49.2. The molecular weight excluding hydrogens is 1740 g/mol. The van der Waals surface area contributed by atoms with E-state index in [1.165, 1.54) is 155 Å². The summed E-state index contributed by atoms with van der Waals surface area (Å²) in [4.78, 5) is 4.86. The maximum absolute atomic E-state index is 6.21. The molecule has 29 rings (SSSR count). The van der Waals surface area contributed by atoms with Gasteiger partial charge in [-0.25, -0.2) is 0 Å². The number of furan rings is 2. The Morgan fingerprint density at radius 1 is 0.188 bits per heavy atom. The molecule has 0 fully saturated rings. The Kier molecular flexibility index (Phi) is 19.9. The van der Waals surface area contributed by atoms with Crippen LogP contribution in [0.2, 0.25) is 0 Å². The van der Waals surface area contributed by atoms with Crippen LogP contribution in [-0.4, -0.2) is 4.57 Å². The normalized spacial score (nSPS) is 14.0. The highest BCUT2D eigenvalue weighted by Gasteiger charge is 2.54. The van der Waals surface area contributed by atoms with Crippen LogP contribution in [-0.2, 0) is 10.8 Å². The van der Waals surface area contributed by atoms with Crippen molar-refractivity contribution in [3.63, 3.8) is 0 Å². The lowest BCUT2D eigenvalue weighted by Gasteiger charge is -2.32. The van der Waals surface area contributed by atoms with Gasteiger partial charge in [0.15, 0.2) is 0 Å². The average molecular weight is 1840 g/mol. The molecule has 0 aliphatic heterocycles. The topological polar surface area (TPSA) is 37.7 Å². The molecule has 0 bridgehead atoms. The number of fused-ring (bicyclic) bond motifs is 29. The van der Waals surface area contributed by atoms with Crippen molar-refractivity contribution in [1.82, 2.24) is 4.57 Å². The molecular formula is C139H93N3O2. The molecule has 2 atom stereocenters. The maximum Gasteiger partial charge on any atom is 0.135 e. The highest BCUT2D eigenvalue weighted by molar-refractivity contribution is 6.12. The standard InChI is InChI=1S/C69H46N2.C69H43NO2.CH4/c1-2-46-16-15-19-50(42-46)52-32-39-59-57-22-9-12-25-63(57)69(65(59)44-52)64-26-13-10-23-58(64)60-40-38-56(45-66(60)69)70(54-34-28-48(29-35-54)47-17-5-3-6-18-47)55-36-30-49(31-37-55)51-33-41-68-62(43-51)61-24-11-14-27-67(61)71(68)53-20-7-4-8-21-53;1-2-43-12-11-13-46(38-43)49-26-34-55-53-14-3-7-18-61(53)69(63(55)41-49)62-19-8-4-15-54(62)56-35-33-52(42-64(56)69)70(50-29-22-44(23-30-50)47-27-36-67-59(39-47)57-16-5-9-20-65(57)71-67)51-31-24-45(25-32-51)48-28-37-68-60(40-48)58-17-6-10-21-66(58)72-68;/h2-45H,1H2;2-42H,1H2;1H4. The van der Waals surface area contributed by atoms with E-state index in [0.717, 1.165) is 117 Å². The molecule has 144 heavy (non-hydrogen) atoms. The van der Waals surface area contributed by atoms with Crippen molar-refractivity contribution in [2.24, 2.45) is 0 Å². The second-order valence-corrected chi connectivity index (χ2v) is 38.1. The second kappa shape index (κ2) is 33.9. The number of nitrogens with zero attached hydrogens (tertiary/aromatic N) is 3. The van der Waals surface area contributed by atoms with E-state index >= 15 is 0 Å². The minimum atomic E-state index is -0.550. The van der Waals surface area contributed by atoms with Gasteiger partial charge >= 0.3 is 0 Å². The predicted molar refractivity (Wildman–Crippen MR) is 603 cm³/mol. The zero-order valence-corrected chi connectivity index (χ0v) is 78.1. The Hall–Kier alpha value is -18.7. The molecule has 676 valence electrons. The molecule has 3 aromatic heterocycles. The van der Waals surface area contributed by atoms with Gasteiger partial charge in [0.2, 0.25) is 0 Å². The summed E-state index contributed by atoms with van der Waals surface area (Å²) >= 11 is 0. The van der Waals surface area contributed by atoms with Crippen molar-refractivity contribution in [2.75, 3.05) is 9.80 Å². The fraction of sp³-hybridized carbons (Fsp3) is 0.0216. The molecule has 0 saturated carbocycles. The number of aromatic nitrogens is 1. The number of para-hydroxylation sites is 4. The first-order chi connectivity index (χ1) is 70.8. The summed E-state index contributed by atoms with van der Waals surface area (Å²) in [5, 5.41) is 6.98. The van der Waals surface area contributed by atoms with E-state index in [-0.39, 0.29) is 7.43 Å². The van der Waals surface area contributed by atoms with Crippen LogP contribution < -0.4 is 9.80 Å². The first-order valence-electron chi connectivity index (χ1n) is 49.2. The van der Waals surface area contributed by atoms with Crippen LogP contribution >= 0.6 is 0 Å². The number of benzene rings is 22. The molecule has 5 nitrogen and oxygen atoms in total. The third kappa shape index (κ3) is 13.2. The van der Waals surface area contributed by atoms with Gasteiger partial charge in [-0.2, -0.15) is 0 Å². The minimum Gasteiger partial charge on any atom is -0.456 e. The van der Waals surface area contributed by atoms with Gasteiger partial charge in [0, 0.05) is 72.1 Å². The molecule has 3 heterocycles. The van der Waals surface area contributed by atoms with Gasteiger partial charge in [-0.3, -0.25) is 0 Å². The fourth-order valence-corrected chi connectivity index (χ4v) is 24.1. The van der Waals surface area contributed by atoms with Crippen LogP contribution in [0.5, 0.6) is 0 Å². The van der Waals surface area contributed by atoms with Crippen LogP contribution in [0.25, 0.3) is 195 Å². The third-order valence-electron chi connectivity index (χ3n) is 30.6. The molecule has 4 aliphatic rings.